The number of nitrogens with one attached hydrogen (secondary N) is 2. The summed E-state index contributed by atoms with van der Waals surface area (Å²) in [4.78, 5) is 23.4. The van der Waals surface area contributed by atoms with Gasteiger partial charge in [0, 0.05) is 6.54 Å². The fourth-order valence-electron chi connectivity index (χ4n) is 1.94. The molecule has 116 valence electrons. The molecule has 0 aliphatic rings. The molecule has 5 nitrogen and oxygen atoms in total. The highest BCUT2D eigenvalue weighted by atomic mass is 16.5. The van der Waals surface area contributed by atoms with Gasteiger partial charge in [0.05, 0.1) is 12.8 Å². The highest BCUT2D eigenvalue weighted by Crippen LogP contribution is 2.22. The Morgan fingerprint density at radius 1 is 1.05 bits per heavy atom. The minimum Gasteiger partial charge on any atom is -0.495 e. The van der Waals surface area contributed by atoms with E-state index in [1.807, 2.05) is 0 Å². The molecule has 1 aromatic carbocycles. The molecule has 0 heterocycles. The second kappa shape index (κ2) is 9.80. The Morgan fingerprint density at radius 2 is 1.76 bits per heavy atom. The van der Waals surface area contributed by atoms with Gasteiger partial charge < -0.3 is 15.4 Å². The Hall–Kier alpha value is -2.04. The number of hydrogen-bond acceptors (Lipinski definition) is 3. The molecular weight excluding hydrogens is 268 g/mol. The predicted molar refractivity (Wildman–Crippen MR) is 83.4 cm³/mol. The van der Waals surface area contributed by atoms with Crippen LogP contribution in [0.3, 0.4) is 0 Å². The van der Waals surface area contributed by atoms with Gasteiger partial charge in [0.25, 0.3) is 0 Å². The second-order valence-corrected chi connectivity index (χ2v) is 4.82. The molecule has 0 saturated carbocycles. The van der Waals surface area contributed by atoms with Gasteiger partial charge in [-0.15, -0.1) is 0 Å². The quantitative estimate of drug-likeness (QED) is 0.572. The lowest BCUT2D eigenvalue weighted by Crippen LogP contribution is -2.35. The lowest BCUT2D eigenvalue weighted by atomic mass is 10.1. The first-order valence-electron chi connectivity index (χ1n) is 7.41. The number of rotatable bonds is 8. The summed E-state index contributed by atoms with van der Waals surface area (Å²) in [5, 5.41) is 5.17. The zero-order valence-electron chi connectivity index (χ0n) is 12.8. The van der Waals surface area contributed by atoms with Crippen LogP contribution in [0.2, 0.25) is 0 Å². The first-order valence-corrected chi connectivity index (χ1v) is 7.41. The van der Waals surface area contributed by atoms with Crippen molar-refractivity contribution < 1.29 is 14.3 Å². The smallest absolute Gasteiger partial charge is 0.313 e. The van der Waals surface area contributed by atoms with E-state index < -0.39 is 11.8 Å². The van der Waals surface area contributed by atoms with Gasteiger partial charge in [0.15, 0.2) is 0 Å². The van der Waals surface area contributed by atoms with Crippen LogP contribution >= 0.6 is 0 Å². The van der Waals surface area contributed by atoms with Gasteiger partial charge >= 0.3 is 11.8 Å². The van der Waals surface area contributed by atoms with Gasteiger partial charge in [-0.3, -0.25) is 9.59 Å². The molecule has 0 atom stereocenters. The first-order chi connectivity index (χ1) is 10.2. The Morgan fingerprint density at radius 3 is 2.48 bits per heavy atom. The van der Waals surface area contributed by atoms with E-state index in [2.05, 4.69) is 17.6 Å². The number of amides is 2. The van der Waals surface area contributed by atoms with Crippen molar-refractivity contribution in [3.05, 3.63) is 24.3 Å². The molecule has 0 aliphatic heterocycles. The predicted octanol–water partition coefficient (Wildman–Crippen LogP) is 2.72. The average molecular weight is 292 g/mol. The molecule has 0 radical (unpaired) electrons. The van der Waals surface area contributed by atoms with Gasteiger partial charge in [0.1, 0.15) is 5.75 Å². The summed E-state index contributed by atoms with van der Waals surface area (Å²) in [6.45, 7) is 2.69. The number of anilines is 1. The van der Waals surface area contributed by atoms with Crippen LogP contribution in [-0.4, -0.2) is 25.5 Å². The van der Waals surface area contributed by atoms with E-state index >= 15 is 0 Å². The largest absolute Gasteiger partial charge is 0.495 e. The van der Waals surface area contributed by atoms with Crippen molar-refractivity contribution in [2.75, 3.05) is 19.0 Å². The fourth-order valence-corrected chi connectivity index (χ4v) is 1.94. The summed E-state index contributed by atoms with van der Waals surface area (Å²) in [7, 11) is 1.52. The van der Waals surface area contributed by atoms with Crippen molar-refractivity contribution in [3.63, 3.8) is 0 Å². The molecule has 0 saturated heterocycles. The van der Waals surface area contributed by atoms with Crippen molar-refractivity contribution in [1.82, 2.24) is 5.32 Å². The van der Waals surface area contributed by atoms with Crippen LogP contribution in [0.1, 0.15) is 39.0 Å². The van der Waals surface area contributed by atoms with Crippen LogP contribution in [0.15, 0.2) is 24.3 Å². The summed E-state index contributed by atoms with van der Waals surface area (Å²) in [5.41, 5.74) is 0.489. The van der Waals surface area contributed by atoms with E-state index in [1.54, 1.807) is 24.3 Å². The van der Waals surface area contributed by atoms with Gasteiger partial charge in [-0.2, -0.15) is 0 Å². The van der Waals surface area contributed by atoms with E-state index in [0.717, 1.165) is 12.8 Å². The van der Waals surface area contributed by atoms with E-state index in [9.17, 15) is 9.59 Å². The van der Waals surface area contributed by atoms with Crippen LogP contribution in [0, 0.1) is 0 Å². The molecule has 21 heavy (non-hydrogen) atoms. The average Bonchev–Trinajstić information content (AvgIpc) is 2.51. The molecule has 0 spiro atoms. The van der Waals surface area contributed by atoms with Crippen LogP contribution in [0.5, 0.6) is 5.75 Å². The minimum atomic E-state index is -0.673. The highest BCUT2D eigenvalue weighted by molar-refractivity contribution is 6.39. The molecule has 0 aromatic heterocycles. The number of carbonyl (C=O) groups is 2. The second-order valence-electron chi connectivity index (χ2n) is 4.82. The molecule has 1 aromatic rings. The summed E-state index contributed by atoms with van der Waals surface area (Å²) in [6.07, 6.45) is 5.53. The van der Waals surface area contributed by atoms with Gasteiger partial charge in [-0.05, 0) is 18.6 Å². The van der Waals surface area contributed by atoms with Crippen molar-refractivity contribution in [2.24, 2.45) is 0 Å². The SMILES string of the molecule is CCCCCCCNC(=O)C(=O)Nc1ccccc1OC. The number of methoxy groups -OCH3 is 1. The van der Waals surface area contributed by atoms with E-state index in [-0.39, 0.29) is 0 Å². The third-order valence-corrected chi connectivity index (χ3v) is 3.13. The molecule has 2 amide bonds. The number of para-hydroxylation sites is 2. The minimum absolute atomic E-state index is 0.489. The van der Waals surface area contributed by atoms with Crippen molar-refractivity contribution in [1.29, 1.82) is 0 Å². The highest BCUT2D eigenvalue weighted by Gasteiger charge is 2.14. The van der Waals surface area contributed by atoms with Crippen molar-refractivity contribution in [2.45, 2.75) is 39.0 Å². The number of unbranched alkanes of at least 4 members (excludes halogenated alkanes) is 4. The maximum atomic E-state index is 11.8. The van der Waals surface area contributed by atoms with E-state index in [0.29, 0.717) is 18.0 Å². The summed E-state index contributed by atoms with van der Waals surface area (Å²) in [5.74, 6) is -0.761. The third-order valence-electron chi connectivity index (χ3n) is 3.13. The lowest BCUT2D eigenvalue weighted by molar-refractivity contribution is -0.136. The molecule has 1 rings (SSSR count). The Balaban J connectivity index is 2.32. The molecule has 0 bridgehead atoms. The Bertz CT molecular complexity index is 461. The summed E-state index contributed by atoms with van der Waals surface area (Å²) in [6, 6.07) is 6.98. The van der Waals surface area contributed by atoms with Gasteiger partial charge in [-0.25, -0.2) is 0 Å². The first kappa shape index (κ1) is 17.0. The Labute approximate surface area is 126 Å². The summed E-state index contributed by atoms with van der Waals surface area (Å²) >= 11 is 0. The monoisotopic (exact) mass is 292 g/mol. The zero-order valence-corrected chi connectivity index (χ0v) is 12.8. The number of carbonyl (C=O) groups excluding carboxylic acids is 2. The van der Waals surface area contributed by atoms with Gasteiger partial charge in [0.2, 0.25) is 0 Å². The maximum Gasteiger partial charge on any atom is 0.313 e. The van der Waals surface area contributed by atoms with E-state index in [1.165, 1.54) is 26.4 Å². The van der Waals surface area contributed by atoms with Crippen LogP contribution in [0.25, 0.3) is 0 Å². The Kier molecular flexibility index (Phi) is 7.94. The zero-order chi connectivity index (χ0) is 15.5. The van der Waals surface area contributed by atoms with Crippen LogP contribution in [0.4, 0.5) is 5.69 Å². The third kappa shape index (κ3) is 6.29. The molecule has 5 heteroatoms. The molecule has 0 aliphatic carbocycles. The number of ether oxygens (including phenoxy) is 1. The molecular formula is C16H24N2O3. The van der Waals surface area contributed by atoms with Crippen LogP contribution < -0.4 is 15.4 Å². The molecule has 0 fully saturated rings. The van der Waals surface area contributed by atoms with Crippen LogP contribution in [-0.2, 0) is 9.59 Å². The summed E-state index contributed by atoms with van der Waals surface area (Å²) < 4.78 is 5.12. The van der Waals surface area contributed by atoms with Crippen molar-refractivity contribution >= 4 is 17.5 Å². The van der Waals surface area contributed by atoms with Gasteiger partial charge in [-0.1, -0.05) is 44.7 Å². The maximum absolute atomic E-state index is 11.8. The van der Waals surface area contributed by atoms with E-state index in [4.69, 9.17) is 4.74 Å². The number of hydrogen-bond donors (Lipinski definition) is 2. The molecule has 0 unspecified atom stereocenters. The number of benzene rings is 1. The standard InChI is InChI=1S/C16H24N2O3/c1-3-4-5-6-9-12-17-15(19)16(20)18-13-10-7-8-11-14(13)21-2/h7-8,10-11H,3-6,9,12H2,1-2H3,(H,17,19)(H,18,20). The van der Waals surface area contributed by atoms with Crippen molar-refractivity contribution in [3.8, 4) is 5.75 Å². The fraction of sp³-hybridized carbons (Fsp3) is 0.500. The normalized spacial score (nSPS) is 10.0. The molecule has 2 N–H and O–H groups in total. The topological polar surface area (TPSA) is 67.4 Å². The lowest BCUT2D eigenvalue weighted by Gasteiger charge is -2.09.